The van der Waals surface area contributed by atoms with Gasteiger partial charge in [0.15, 0.2) is 16.6 Å². The average Bonchev–Trinajstić information content (AvgIpc) is 3.26. The highest BCUT2D eigenvalue weighted by Gasteiger charge is 2.34. The zero-order chi connectivity index (χ0) is 24.0. The monoisotopic (exact) mass is 487 g/mol. The first-order chi connectivity index (χ1) is 15.7. The molecule has 3 rings (SSSR count). The van der Waals surface area contributed by atoms with Gasteiger partial charge in [-0.25, -0.2) is 9.97 Å². The van der Waals surface area contributed by atoms with E-state index in [1.165, 1.54) is 20.1 Å². The number of hydrogen-bond acceptors (Lipinski definition) is 8. The van der Waals surface area contributed by atoms with Crippen molar-refractivity contribution in [1.29, 1.82) is 0 Å². The number of anilines is 1. The quantitative estimate of drug-likeness (QED) is 0.344. The summed E-state index contributed by atoms with van der Waals surface area (Å²) in [4.78, 5) is 34.8. The number of amides is 2. The third-order valence-electron chi connectivity index (χ3n) is 4.85. The summed E-state index contributed by atoms with van der Waals surface area (Å²) in [5.41, 5.74) is -1.04. The summed E-state index contributed by atoms with van der Waals surface area (Å²) >= 11 is 0.975. The van der Waals surface area contributed by atoms with Gasteiger partial charge < -0.3 is 24.3 Å². The largest absolute Gasteiger partial charge is 0.455 e. The lowest BCUT2D eigenvalue weighted by molar-refractivity contribution is -0.141. The van der Waals surface area contributed by atoms with Gasteiger partial charge in [0.05, 0.1) is 12.4 Å². The summed E-state index contributed by atoms with van der Waals surface area (Å²) in [6.07, 6.45) is -4.63. The predicted octanol–water partition coefficient (Wildman–Crippen LogP) is 2.43. The zero-order valence-corrected chi connectivity index (χ0v) is 19.0. The van der Waals surface area contributed by atoms with Crippen molar-refractivity contribution in [2.45, 2.75) is 24.0 Å². The Labute approximate surface area is 192 Å². The number of thioether (sulfide) groups is 1. The Kier molecular flexibility index (Phi) is 8.19. The average molecular weight is 488 g/mol. The van der Waals surface area contributed by atoms with Crippen LogP contribution in [0.5, 0.6) is 0 Å². The molecule has 1 fully saturated rings. The lowest BCUT2D eigenvalue weighted by atomic mass is 10.3. The summed E-state index contributed by atoms with van der Waals surface area (Å²) in [5, 5.41) is 2.56. The second-order valence-corrected chi connectivity index (χ2v) is 8.13. The van der Waals surface area contributed by atoms with Gasteiger partial charge in [0.2, 0.25) is 5.91 Å². The Bertz CT molecular complexity index is 977. The first-order valence-corrected chi connectivity index (χ1v) is 11.1. The molecule has 0 aliphatic carbocycles. The fourth-order valence-electron chi connectivity index (χ4n) is 3.10. The number of hydrogen-bond donors (Lipinski definition) is 1. The van der Waals surface area contributed by atoms with Crippen LogP contribution in [0.25, 0.3) is 0 Å². The number of carbonyl (C=O) groups excluding carboxylic acids is 2. The van der Waals surface area contributed by atoms with Crippen LogP contribution in [0.4, 0.5) is 19.0 Å². The number of nitrogens with zero attached hydrogens (tertiary/aromatic N) is 4. The van der Waals surface area contributed by atoms with Crippen molar-refractivity contribution >= 4 is 29.4 Å². The molecule has 1 N–H and O–H groups in total. The summed E-state index contributed by atoms with van der Waals surface area (Å²) in [7, 11) is 1.52. The highest BCUT2D eigenvalue weighted by molar-refractivity contribution is 7.98. The Morgan fingerprint density at radius 1 is 1.21 bits per heavy atom. The molecule has 0 aromatic carbocycles. The summed E-state index contributed by atoms with van der Waals surface area (Å²) in [6, 6.07) is 3.99. The molecule has 0 bridgehead atoms. The van der Waals surface area contributed by atoms with Crippen LogP contribution in [0, 0.1) is 0 Å². The van der Waals surface area contributed by atoms with E-state index < -0.39 is 17.8 Å². The minimum Gasteiger partial charge on any atom is -0.455 e. The van der Waals surface area contributed by atoms with Gasteiger partial charge in [-0.15, -0.1) is 0 Å². The Morgan fingerprint density at radius 2 is 1.94 bits per heavy atom. The normalized spacial score (nSPS) is 14.5. The molecule has 9 nitrogen and oxygen atoms in total. The molecule has 0 unspecified atom stereocenters. The zero-order valence-electron chi connectivity index (χ0n) is 18.1. The number of carbonyl (C=O) groups is 2. The fraction of sp³-hybridized carbons (Fsp3) is 0.500. The van der Waals surface area contributed by atoms with Crippen LogP contribution in [0.3, 0.4) is 0 Å². The van der Waals surface area contributed by atoms with Crippen molar-refractivity contribution in [3.8, 4) is 0 Å². The fourth-order valence-corrected chi connectivity index (χ4v) is 3.85. The number of piperazine rings is 1. The van der Waals surface area contributed by atoms with Gasteiger partial charge in [-0.3, -0.25) is 9.59 Å². The highest BCUT2D eigenvalue weighted by atomic mass is 32.2. The number of furan rings is 1. The molecule has 3 heterocycles. The second kappa shape index (κ2) is 10.9. The van der Waals surface area contributed by atoms with Crippen molar-refractivity contribution < 1.29 is 31.9 Å². The van der Waals surface area contributed by atoms with E-state index in [-0.39, 0.29) is 28.4 Å². The van der Waals surface area contributed by atoms with Gasteiger partial charge in [0.25, 0.3) is 5.91 Å². The summed E-state index contributed by atoms with van der Waals surface area (Å²) in [5.74, 6) is 0.302. The Morgan fingerprint density at radius 3 is 2.58 bits per heavy atom. The Balaban J connectivity index is 1.69. The van der Waals surface area contributed by atoms with Gasteiger partial charge in [-0.05, 0) is 12.1 Å². The molecule has 0 atom stereocenters. The van der Waals surface area contributed by atoms with Gasteiger partial charge in [-0.1, -0.05) is 11.8 Å². The van der Waals surface area contributed by atoms with Crippen LogP contribution in [0.1, 0.15) is 28.9 Å². The molecule has 1 aliphatic heterocycles. The van der Waals surface area contributed by atoms with E-state index >= 15 is 0 Å². The molecule has 0 spiro atoms. The van der Waals surface area contributed by atoms with Crippen LogP contribution in [0.2, 0.25) is 0 Å². The van der Waals surface area contributed by atoms with Crippen LogP contribution in [-0.4, -0.2) is 73.1 Å². The summed E-state index contributed by atoms with van der Waals surface area (Å²) in [6.45, 7) is 3.70. The number of methoxy groups -OCH3 is 1. The van der Waals surface area contributed by atoms with Crippen molar-refractivity contribution in [2.24, 2.45) is 0 Å². The first-order valence-electron chi connectivity index (χ1n) is 10.1. The first kappa shape index (κ1) is 24.8. The molecule has 0 radical (unpaired) electrons. The number of halogens is 3. The Hall–Kier alpha value is -2.80. The van der Waals surface area contributed by atoms with Crippen molar-refractivity contribution in [2.75, 3.05) is 51.3 Å². The molecular formula is C20H24F3N5O4S. The van der Waals surface area contributed by atoms with Crippen LogP contribution < -0.4 is 10.2 Å². The van der Waals surface area contributed by atoms with Crippen molar-refractivity contribution in [1.82, 2.24) is 20.2 Å². The van der Waals surface area contributed by atoms with E-state index in [2.05, 4.69) is 15.3 Å². The lowest BCUT2D eigenvalue weighted by Gasteiger charge is -2.35. The topological polar surface area (TPSA) is 101 Å². The second-order valence-electron chi connectivity index (χ2n) is 7.19. The maximum absolute atomic E-state index is 13.4. The van der Waals surface area contributed by atoms with Gasteiger partial charge in [0.1, 0.15) is 11.6 Å². The predicted molar refractivity (Wildman–Crippen MR) is 114 cm³/mol. The SMILES string of the molecule is COCCNC(=O)c1ccc(CSc2nc(N3CCN(C(C)=O)CC3)cc(C(F)(F)F)n2)o1. The summed E-state index contributed by atoms with van der Waals surface area (Å²) < 4.78 is 50.6. The van der Waals surface area contributed by atoms with E-state index in [1.54, 1.807) is 15.9 Å². The third-order valence-corrected chi connectivity index (χ3v) is 5.72. The van der Waals surface area contributed by atoms with Crippen molar-refractivity contribution in [3.05, 3.63) is 35.4 Å². The smallest absolute Gasteiger partial charge is 0.433 e. The molecule has 2 amide bonds. The van der Waals surface area contributed by atoms with E-state index in [9.17, 15) is 22.8 Å². The molecule has 2 aromatic heterocycles. The highest BCUT2D eigenvalue weighted by Crippen LogP contribution is 2.32. The van der Waals surface area contributed by atoms with Crippen LogP contribution in [-0.2, 0) is 21.5 Å². The number of nitrogens with one attached hydrogen (secondary N) is 1. The van der Waals surface area contributed by atoms with E-state index in [0.29, 0.717) is 45.1 Å². The van der Waals surface area contributed by atoms with Crippen LogP contribution in [0.15, 0.2) is 27.8 Å². The molecule has 2 aromatic rings. The number of rotatable bonds is 8. The molecule has 1 aliphatic rings. The van der Waals surface area contributed by atoms with E-state index in [4.69, 9.17) is 9.15 Å². The van der Waals surface area contributed by atoms with Crippen molar-refractivity contribution in [3.63, 3.8) is 0 Å². The number of aromatic nitrogens is 2. The molecular weight excluding hydrogens is 463 g/mol. The standard InChI is InChI=1S/C20H24F3N5O4S/c1-13(29)27-6-8-28(9-7-27)17-11-16(20(21,22)23)25-19(26-17)33-12-14-3-4-15(32-14)18(30)24-5-10-31-2/h3-4,11H,5-10,12H2,1-2H3,(H,24,30). The molecule has 180 valence electrons. The molecule has 13 heteroatoms. The number of ether oxygens (including phenoxy) is 1. The minimum atomic E-state index is -4.63. The van der Waals surface area contributed by atoms with Gasteiger partial charge in [0, 0.05) is 52.8 Å². The minimum absolute atomic E-state index is 0.0590. The third kappa shape index (κ3) is 6.84. The molecule has 1 saturated heterocycles. The maximum atomic E-state index is 13.4. The maximum Gasteiger partial charge on any atom is 0.433 e. The van der Waals surface area contributed by atoms with E-state index in [1.807, 2.05) is 0 Å². The van der Waals surface area contributed by atoms with Crippen LogP contribution >= 0.6 is 11.8 Å². The van der Waals surface area contributed by atoms with E-state index in [0.717, 1.165) is 17.8 Å². The molecule has 33 heavy (non-hydrogen) atoms. The molecule has 0 saturated carbocycles. The lowest BCUT2D eigenvalue weighted by Crippen LogP contribution is -2.48. The van der Waals surface area contributed by atoms with Gasteiger partial charge >= 0.3 is 6.18 Å². The van der Waals surface area contributed by atoms with Gasteiger partial charge in [-0.2, -0.15) is 13.2 Å². The number of alkyl halides is 3.